The topological polar surface area (TPSA) is 138 Å². The van der Waals surface area contributed by atoms with Crippen LogP contribution in [0.15, 0.2) is 9.59 Å². The predicted molar refractivity (Wildman–Crippen MR) is 124 cm³/mol. The molecule has 200 valence electrons. The Labute approximate surface area is 207 Å². The first kappa shape index (κ1) is 27.5. The fourth-order valence-corrected chi connectivity index (χ4v) is 4.91. The molecule has 0 bridgehead atoms. The molecule has 1 aliphatic rings. The molecule has 3 N–H and O–H groups in total. The quantitative estimate of drug-likeness (QED) is 0.546. The highest BCUT2D eigenvalue weighted by Gasteiger charge is 2.43. The first-order valence-electron chi connectivity index (χ1n) is 11.0. The van der Waals surface area contributed by atoms with Crippen LogP contribution in [0.3, 0.4) is 0 Å². The van der Waals surface area contributed by atoms with Crippen LogP contribution in [0.25, 0.3) is 10.2 Å². The van der Waals surface area contributed by atoms with Gasteiger partial charge in [-0.2, -0.15) is 0 Å². The summed E-state index contributed by atoms with van der Waals surface area (Å²) in [5, 5.41) is 0.915. The van der Waals surface area contributed by atoms with Gasteiger partial charge in [-0.3, -0.25) is 18.7 Å². The summed E-state index contributed by atoms with van der Waals surface area (Å²) in [6.07, 6.45) is -4.69. The molecule has 11 nitrogen and oxygen atoms in total. The molecule has 2 aromatic heterocycles. The number of nitrogens with zero attached hydrogens (tertiary/aromatic N) is 3. The minimum absolute atomic E-state index is 0.130. The molecule has 0 aromatic carbocycles. The first-order valence-corrected chi connectivity index (χ1v) is 11.8. The number of thiophene rings is 1. The highest BCUT2D eigenvalue weighted by atomic mass is 32.1. The van der Waals surface area contributed by atoms with Gasteiger partial charge in [0.05, 0.1) is 30.6 Å². The monoisotopic (exact) mass is 535 g/mol. The molecule has 0 aliphatic heterocycles. The molecule has 3 amide bonds. The molecule has 0 radical (unpaired) electrons. The second-order valence-corrected chi connectivity index (χ2v) is 10.8. The summed E-state index contributed by atoms with van der Waals surface area (Å²) in [5.74, 6) is 0. The third-order valence-corrected chi connectivity index (χ3v) is 6.90. The lowest BCUT2D eigenvalue weighted by atomic mass is 10.2. The molecule has 2 heterocycles. The number of alkyl halides is 3. The van der Waals surface area contributed by atoms with E-state index in [0.29, 0.717) is 23.3 Å². The number of amides is 3. The van der Waals surface area contributed by atoms with E-state index in [1.807, 2.05) is 0 Å². The van der Waals surface area contributed by atoms with E-state index in [4.69, 9.17) is 10.5 Å². The number of rotatable bonds is 6. The Bertz CT molecular complexity index is 1300. The summed E-state index contributed by atoms with van der Waals surface area (Å²) in [6.45, 7) is 6.62. The Balaban J connectivity index is 2.06. The molecule has 2 aromatic rings. The van der Waals surface area contributed by atoms with Crippen molar-refractivity contribution in [1.82, 2.24) is 19.6 Å². The minimum Gasteiger partial charge on any atom is -0.443 e. The highest BCUT2D eigenvalue weighted by Crippen LogP contribution is 2.41. The molecule has 1 saturated carbocycles. The van der Waals surface area contributed by atoms with Crippen LogP contribution in [0.4, 0.5) is 22.8 Å². The SMILES string of the molecule is Cc1c(CN(NC(=O)OC(C)(C)C)C(N)=O)sc2c1c(=O)n(C1(C)CC1)c(=O)n2CCOC(F)(F)F. The third kappa shape index (κ3) is 6.00. The molecular weight excluding hydrogens is 507 g/mol. The number of aryl methyl sites for hydroxylation is 1. The van der Waals surface area contributed by atoms with E-state index in [9.17, 15) is 32.3 Å². The van der Waals surface area contributed by atoms with Crippen molar-refractivity contribution >= 4 is 33.7 Å². The summed E-state index contributed by atoms with van der Waals surface area (Å²) in [4.78, 5) is 51.2. The third-order valence-electron chi connectivity index (χ3n) is 5.60. The number of aromatic nitrogens is 2. The van der Waals surface area contributed by atoms with E-state index in [1.165, 1.54) is 0 Å². The number of urea groups is 1. The fraction of sp³-hybridized carbons (Fsp3) is 0.619. The van der Waals surface area contributed by atoms with Crippen molar-refractivity contribution in [2.75, 3.05) is 6.61 Å². The van der Waals surface area contributed by atoms with Crippen LogP contribution < -0.4 is 22.4 Å². The van der Waals surface area contributed by atoms with Gasteiger partial charge < -0.3 is 10.5 Å². The van der Waals surface area contributed by atoms with Gasteiger partial charge in [0.25, 0.3) is 5.56 Å². The zero-order valence-corrected chi connectivity index (χ0v) is 21.3. The molecular formula is C21H28F3N5O6S. The number of nitrogens with one attached hydrogen (secondary N) is 1. The van der Waals surface area contributed by atoms with Crippen LogP contribution in [0.1, 0.15) is 51.0 Å². The van der Waals surface area contributed by atoms with E-state index in [-0.39, 0.29) is 16.8 Å². The van der Waals surface area contributed by atoms with Crippen molar-refractivity contribution in [3.8, 4) is 0 Å². The standard InChI is InChI=1S/C21H28F3N5O6S/c1-11-12(10-28(16(25)31)26-17(32)35-19(2,3)4)36-15-13(11)14(30)29(20(5)6-7-20)18(33)27(15)8-9-34-21(22,23)24/h6-10H2,1-5H3,(H2,25,31)(H,26,32). The number of halogens is 3. The predicted octanol–water partition coefficient (Wildman–Crippen LogP) is 2.90. The van der Waals surface area contributed by atoms with Crippen molar-refractivity contribution in [2.45, 2.75) is 78.1 Å². The molecule has 0 spiro atoms. The average molecular weight is 536 g/mol. The summed E-state index contributed by atoms with van der Waals surface area (Å²) in [6, 6.07) is -1.02. The Hall–Kier alpha value is -3.07. The molecule has 1 aliphatic carbocycles. The second-order valence-electron chi connectivity index (χ2n) is 9.73. The van der Waals surface area contributed by atoms with Gasteiger partial charge in [-0.25, -0.2) is 24.8 Å². The maximum absolute atomic E-state index is 13.4. The summed E-state index contributed by atoms with van der Waals surface area (Å²) >= 11 is 0.934. The van der Waals surface area contributed by atoms with Crippen molar-refractivity contribution in [3.05, 3.63) is 31.3 Å². The molecule has 0 atom stereocenters. The number of ether oxygens (including phenoxy) is 2. The summed E-state index contributed by atoms with van der Waals surface area (Å²) in [5.41, 5.74) is 5.14. The van der Waals surface area contributed by atoms with Gasteiger partial charge in [0, 0.05) is 4.88 Å². The molecule has 0 unspecified atom stereocenters. The van der Waals surface area contributed by atoms with E-state index in [2.05, 4.69) is 10.2 Å². The van der Waals surface area contributed by atoms with Gasteiger partial charge in [0.1, 0.15) is 10.4 Å². The Morgan fingerprint density at radius 3 is 2.33 bits per heavy atom. The first-order chi connectivity index (χ1) is 16.4. The van der Waals surface area contributed by atoms with E-state index in [0.717, 1.165) is 25.5 Å². The van der Waals surface area contributed by atoms with Crippen LogP contribution >= 0.6 is 11.3 Å². The van der Waals surface area contributed by atoms with Crippen LogP contribution in [0.2, 0.25) is 0 Å². The number of hydrazine groups is 1. The molecule has 3 rings (SSSR count). The van der Waals surface area contributed by atoms with Gasteiger partial charge in [-0.05, 0) is 53.0 Å². The normalized spacial score (nSPS) is 15.1. The van der Waals surface area contributed by atoms with Crippen molar-refractivity contribution in [2.24, 2.45) is 5.73 Å². The maximum Gasteiger partial charge on any atom is 0.522 e. The Morgan fingerprint density at radius 1 is 1.22 bits per heavy atom. The van der Waals surface area contributed by atoms with Crippen LogP contribution in [0, 0.1) is 6.92 Å². The smallest absolute Gasteiger partial charge is 0.443 e. The summed E-state index contributed by atoms with van der Waals surface area (Å²) < 4.78 is 48.8. The number of hydrogen-bond acceptors (Lipinski definition) is 7. The Kier molecular flexibility index (Phi) is 7.20. The van der Waals surface area contributed by atoms with Gasteiger partial charge in [0.2, 0.25) is 0 Å². The lowest BCUT2D eigenvalue weighted by Gasteiger charge is -2.24. The van der Waals surface area contributed by atoms with E-state index < -0.39 is 54.0 Å². The van der Waals surface area contributed by atoms with E-state index >= 15 is 0 Å². The van der Waals surface area contributed by atoms with Crippen molar-refractivity contribution < 1.29 is 32.2 Å². The van der Waals surface area contributed by atoms with Crippen molar-refractivity contribution in [3.63, 3.8) is 0 Å². The zero-order chi connectivity index (χ0) is 27.2. The minimum atomic E-state index is -4.88. The van der Waals surface area contributed by atoms with Gasteiger partial charge in [-0.1, -0.05) is 0 Å². The molecule has 36 heavy (non-hydrogen) atoms. The van der Waals surface area contributed by atoms with E-state index in [1.54, 1.807) is 34.6 Å². The molecule has 15 heteroatoms. The summed E-state index contributed by atoms with van der Waals surface area (Å²) in [7, 11) is 0. The number of fused-ring (bicyclic) bond motifs is 1. The number of carbonyl (C=O) groups excluding carboxylic acids is 2. The van der Waals surface area contributed by atoms with Gasteiger partial charge in [-0.15, -0.1) is 24.5 Å². The maximum atomic E-state index is 13.4. The van der Waals surface area contributed by atoms with Gasteiger partial charge >= 0.3 is 24.2 Å². The number of nitrogens with two attached hydrogens (primary N) is 1. The molecule has 0 saturated heterocycles. The van der Waals surface area contributed by atoms with Gasteiger partial charge in [0.15, 0.2) is 0 Å². The zero-order valence-electron chi connectivity index (χ0n) is 20.4. The van der Waals surface area contributed by atoms with Crippen molar-refractivity contribution in [1.29, 1.82) is 0 Å². The lowest BCUT2D eigenvalue weighted by molar-refractivity contribution is -0.325. The molecule has 1 fully saturated rings. The highest BCUT2D eigenvalue weighted by molar-refractivity contribution is 7.18. The van der Waals surface area contributed by atoms with Crippen LogP contribution in [-0.4, -0.2) is 44.8 Å². The number of primary amides is 1. The second kappa shape index (κ2) is 9.42. The fourth-order valence-electron chi connectivity index (χ4n) is 3.60. The largest absolute Gasteiger partial charge is 0.522 e. The Morgan fingerprint density at radius 2 is 1.83 bits per heavy atom. The average Bonchev–Trinajstić information content (AvgIpc) is 3.34. The lowest BCUT2D eigenvalue weighted by Crippen LogP contribution is -2.49. The van der Waals surface area contributed by atoms with Crippen LogP contribution in [-0.2, 0) is 28.1 Å². The number of carbonyl (C=O) groups is 2. The number of hydrogen-bond donors (Lipinski definition) is 2. The van der Waals surface area contributed by atoms with Crippen LogP contribution in [0.5, 0.6) is 0 Å².